The molecule has 21 heavy (non-hydrogen) atoms. The summed E-state index contributed by atoms with van der Waals surface area (Å²) in [4.78, 5) is 6.30. The molecule has 0 saturated carbocycles. The number of fused-ring (bicyclic) bond motifs is 1. The van der Waals surface area contributed by atoms with Crippen molar-refractivity contribution in [1.82, 2.24) is 10.3 Å². The summed E-state index contributed by atoms with van der Waals surface area (Å²) in [7, 11) is 0. The number of nitrogens with zero attached hydrogens (tertiary/aromatic N) is 2. The number of pyridine rings is 1. The minimum atomic E-state index is -4.33. The molecular formula is C15H16F3N3. The van der Waals surface area contributed by atoms with Crippen LogP contribution in [0.5, 0.6) is 0 Å². The van der Waals surface area contributed by atoms with Gasteiger partial charge in [0.05, 0.1) is 11.1 Å². The normalized spacial score (nSPS) is 17.0. The zero-order valence-electron chi connectivity index (χ0n) is 11.5. The molecule has 1 aliphatic rings. The molecule has 0 radical (unpaired) electrons. The van der Waals surface area contributed by atoms with Crippen LogP contribution >= 0.6 is 0 Å². The summed E-state index contributed by atoms with van der Waals surface area (Å²) in [6.45, 7) is 3.59. The lowest BCUT2D eigenvalue weighted by molar-refractivity contribution is -0.137. The van der Waals surface area contributed by atoms with Crippen molar-refractivity contribution in [1.29, 1.82) is 0 Å². The van der Waals surface area contributed by atoms with Gasteiger partial charge in [-0.05, 0) is 31.2 Å². The van der Waals surface area contributed by atoms with Crippen LogP contribution < -0.4 is 10.2 Å². The summed E-state index contributed by atoms with van der Waals surface area (Å²) >= 11 is 0. The Labute approximate surface area is 120 Å². The molecule has 1 aromatic heterocycles. The highest BCUT2D eigenvalue weighted by atomic mass is 19.4. The number of hydrogen-bond acceptors (Lipinski definition) is 3. The van der Waals surface area contributed by atoms with Gasteiger partial charge in [0.1, 0.15) is 0 Å². The molecule has 6 heteroatoms. The molecule has 1 aromatic carbocycles. The average molecular weight is 295 g/mol. The summed E-state index contributed by atoms with van der Waals surface area (Å²) < 4.78 is 38.3. The van der Waals surface area contributed by atoms with Gasteiger partial charge in [0.2, 0.25) is 0 Å². The van der Waals surface area contributed by atoms with Gasteiger partial charge in [-0.2, -0.15) is 13.2 Å². The first-order valence-electron chi connectivity index (χ1n) is 6.97. The van der Waals surface area contributed by atoms with E-state index in [9.17, 15) is 13.2 Å². The monoisotopic (exact) mass is 295 g/mol. The quantitative estimate of drug-likeness (QED) is 0.876. The van der Waals surface area contributed by atoms with E-state index in [0.717, 1.165) is 55.8 Å². The molecule has 2 heterocycles. The molecule has 0 unspecified atom stereocenters. The third kappa shape index (κ3) is 2.95. The van der Waals surface area contributed by atoms with E-state index >= 15 is 0 Å². The van der Waals surface area contributed by atoms with E-state index in [1.165, 1.54) is 6.07 Å². The maximum absolute atomic E-state index is 12.8. The van der Waals surface area contributed by atoms with Crippen LogP contribution in [0, 0.1) is 0 Å². The molecule has 1 saturated heterocycles. The van der Waals surface area contributed by atoms with Crippen molar-refractivity contribution in [3.05, 3.63) is 36.0 Å². The minimum absolute atomic E-state index is 0.388. The van der Waals surface area contributed by atoms with Gasteiger partial charge in [-0.25, -0.2) is 0 Å². The molecule has 1 fully saturated rings. The number of nitrogens with one attached hydrogen (secondary N) is 1. The lowest BCUT2D eigenvalue weighted by atomic mass is 10.1. The number of benzene rings is 1. The van der Waals surface area contributed by atoms with E-state index in [1.54, 1.807) is 6.20 Å². The second kappa shape index (κ2) is 5.52. The first-order chi connectivity index (χ1) is 10.1. The Kier molecular flexibility index (Phi) is 3.71. The molecule has 3 rings (SSSR count). The second-order valence-electron chi connectivity index (χ2n) is 5.15. The first-order valence-corrected chi connectivity index (χ1v) is 6.97. The van der Waals surface area contributed by atoms with E-state index in [1.807, 2.05) is 6.07 Å². The second-order valence-corrected chi connectivity index (χ2v) is 5.15. The summed E-state index contributed by atoms with van der Waals surface area (Å²) in [6.07, 6.45) is -1.74. The van der Waals surface area contributed by atoms with Crippen molar-refractivity contribution in [3.8, 4) is 0 Å². The number of anilines is 1. The zero-order valence-corrected chi connectivity index (χ0v) is 11.5. The summed E-state index contributed by atoms with van der Waals surface area (Å²) in [5.74, 6) is 0. The predicted octanol–water partition coefficient (Wildman–Crippen LogP) is 3.05. The molecule has 0 atom stereocenters. The van der Waals surface area contributed by atoms with Crippen LogP contribution in [-0.2, 0) is 6.18 Å². The maximum Gasteiger partial charge on any atom is 0.416 e. The van der Waals surface area contributed by atoms with Crippen LogP contribution in [0.4, 0.5) is 18.9 Å². The van der Waals surface area contributed by atoms with Gasteiger partial charge in [0.15, 0.2) is 0 Å². The highest BCUT2D eigenvalue weighted by Crippen LogP contribution is 2.33. The zero-order chi connectivity index (χ0) is 14.9. The summed E-state index contributed by atoms with van der Waals surface area (Å²) in [5.41, 5.74) is 0.689. The van der Waals surface area contributed by atoms with E-state index in [0.29, 0.717) is 5.52 Å². The summed E-state index contributed by atoms with van der Waals surface area (Å²) in [6, 6.07) is 5.65. The van der Waals surface area contributed by atoms with Crippen molar-refractivity contribution in [2.75, 3.05) is 31.1 Å². The summed E-state index contributed by atoms with van der Waals surface area (Å²) in [5, 5.41) is 4.09. The molecule has 3 nitrogen and oxygen atoms in total. The van der Waals surface area contributed by atoms with Gasteiger partial charge in [0.25, 0.3) is 0 Å². The van der Waals surface area contributed by atoms with Gasteiger partial charge >= 0.3 is 6.18 Å². The van der Waals surface area contributed by atoms with Gasteiger partial charge in [-0.1, -0.05) is 6.07 Å². The number of hydrogen-bond donors (Lipinski definition) is 1. The molecule has 0 spiro atoms. The predicted molar refractivity (Wildman–Crippen MR) is 76.4 cm³/mol. The molecule has 112 valence electrons. The lowest BCUT2D eigenvalue weighted by Gasteiger charge is -2.24. The largest absolute Gasteiger partial charge is 0.416 e. The standard InChI is InChI=1S/C15H16F3N3/c16-15(17,18)11-2-3-12-13(10-11)20-6-4-14(12)21-8-1-5-19-7-9-21/h2-4,6,10,19H,1,5,7-9H2. The Morgan fingerprint density at radius 1 is 1.10 bits per heavy atom. The van der Waals surface area contributed by atoms with Gasteiger partial charge in [0, 0.05) is 36.9 Å². The molecular weight excluding hydrogens is 279 g/mol. The Morgan fingerprint density at radius 2 is 1.95 bits per heavy atom. The lowest BCUT2D eigenvalue weighted by Crippen LogP contribution is -2.28. The van der Waals surface area contributed by atoms with Gasteiger partial charge in [-0.15, -0.1) is 0 Å². The van der Waals surface area contributed by atoms with Crippen LogP contribution in [0.2, 0.25) is 0 Å². The van der Waals surface area contributed by atoms with Gasteiger partial charge in [-0.3, -0.25) is 4.98 Å². The van der Waals surface area contributed by atoms with Crippen molar-refractivity contribution in [2.45, 2.75) is 12.6 Å². The highest BCUT2D eigenvalue weighted by Gasteiger charge is 2.30. The Hall–Kier alpha value is -1.82. The first kappa shape index (κ1) is 14.1. The fourth-order valence-electron chi connectivity index (χ4n) is 2.67. The maximum atomic E-state index is 12.8. The average Bonchev–Trinajstić information content (AvgIpc) is 2.74. The fraction of sp³-hybridized carbons (Fsp3) is 0.400. The molecule has 1 aliphatic heterocycles. The van der Waals surface area contributed by atoms with E-state index in [-0.39, 0.29) is 0 Å². The smallest absolute Gasteiger partial charge is 0.370 e. The number of aromatic nitrogens is 1. The third-order valence-corrected chi connectivity index (χ3v) is 3.73. The van der Waals surface area contributed by atoms with Crippen LogP contribution in [-0.4, -0.2) is 31.2 Å². The van der Waals surface area contributed by atoms with E-state index < -0.39 is 11.7 Å². The Balaban J connectivity index is 2.03. The highest BCUT2D eigenvalue weighted by molar-refractivity contribution is 5.92. The van der Waals surface area contributed by atoms with Crippen LogP contribution in [0.25, 0.3) is 10.9 Å². The van der Waals surface area contributed by atoms with Crippen molar-refractivity contribution < 1.29 is 13.2 Å². The van der Waals surface area contributed by atoms with Gasteiger partial charge < -0.3 is 10.2 Å². The van der Waals surface area contributed by atoms with Crippen LogP contribution in [0.1, 0.15) is 12.0 Å². The van der Waals surface area contributed by atoms with Crippen molar-refractivity contribution in [2.24, 2.45) is 0 Å². The number of halogens is 3. The molecule has 0 bridgehead atoms. The molecule has 1 N–H and O–H groups in total. The van der Waals surface area contributed by atoms with Crippen LogP contribution in [0.3, 0.4) is 0 Å². The molecule has 2 aromatic rings. The molecule has 0 aliphatic carbocycles. The van der Waals surface area contributed by atoms with E-state index in [4.69, 9.17) is 0 Å². The molecule has 0 amide bonds. The van der Waals surface area contributed by atoms with Crippen molar-refractivity contribution in [3.63, 3.8) is 0 Å². The SMILES string of the molecule is FC(F)(F)c1ccc2c(N3CCCNCC3)ccnc2c1. The minimum Gasteiger partial charge on any atom is -0.370 e. The Bertz CT molecular complexity index is 632. The number of alkyl halides is 3. The third-order valence-electron chi connectivity index (χ3n) is 3.73. The van der Waals surface area contributed by atoms with Crippen molar-refractivity contribution >= 4 is 16.6 Å². The Morgan fingerprint density at radius 3 is 2.76 bits per heavy atom. The number of rotatable bonds is 1. The fourth-order valence-corrected chi connectivity index (χ4v) is 2.67. The van der Waals surface area contributed by atoms with Crippen LogP contribution in [0.15, 0.2) is 30.5 Å². The van der Waals surface area contributed by atoms with E-state index in [2.05, 4.69) is 15.2 Å². The topological polar surface area (TPSA) is 28.2 Å².